The second kappa shape index (κ2) is 11.4. The zero-order chi connectivity index (χ0) is 24.9. The summed E-state index contributed by atoms with van der Waals surface area (Å²) >= 11 is 1.17. The Balaban J connectivity index is 1.23. The third-order valence-electron chi connectivity index (χ3n) is 6.29. The van der Waals surface area contributed by atoms with Gasteiger partial charge in [0.15, 0.2) is 0 Å². The Labute approximate surface area is 211 Å². The Kier molecular flexibility index (Phi) is 8.48. The highest BCUT2D eigenvalue weighted by Gasteiger charge is 2.33. The number of rotatable bonds is 9. The number of nitrogens with one attached hydrogen (secondary N) is 1. The van der Waals surface area contributed by atoms with Crippen molar-refractivity contribution in [2.75, 3.05) is 39.3 Å². The van der Waals surface area contributed by atoms with E-state index in [1.54, 1.807) is 41.8 Å². The first-order valence-electron chi connectivity index (χ1n) is 11.8. The molecule has 1 N–H and O–H groups in total. The molecule has 1 atom stereocenters. The fraction of sp³-hybridized carbons (Fsp3) is 0.522. The smallest absolute Gasteiger partial charge is 0.252 e. The lowest BCUT2D eigenvalue weighted by Gasteiger charge is -2.30. The normalized spacial score (nSPS) is 20.4. The van der Waals surface area contributed by atoms with E-state index in [1.165, 1.54) is 19.9 Å². The van der Waals surface area contributed by atoms with E-state index < -0.39 is 26.0 Å². The third-order valence-corrected chi connectivity index (χ3v) is 11.4. The highest BCUT2D eigenvalue weighted by atomic mass is 32.2. The van der Waals surface area contributed by atoms with Crippen LogP contribution < -0.4 is 10.1 Å². The van der Waals surface area contributed by atoms with Crippen LogP contribution in [0.3, 0.4) is 0 Å². The van der Waals surface area contributed by atoms with Crippen LogP contribution in [-0.4, -0.2) is 70.7 Å². The van der Waals surface area contributed by atoms with E-state index in [-0.39, 0.29) is 30.5 Å². The number of ether oxygens (including phenoxy) is 1. The minimum Gasteiger partial charge on any atom is -0.492 e. The van der Waals surface area contributed by atoms with Gasteiger partial charge in [0.1, 0.15) is 16.6 Å². The topological polar surface area (TPSA) is 113 Å². The molecule has 3 heterocycles. The first kappa shape index (κ1) is 26.1. The highest BCUT2D eigenvalue weighted by molar-refractivity contribution is 7.91. The summed E-state index contributed by atoms with van der Waals surface area (Å²) < 4.78 is 59.8. The molecule has 192 valence electrons. The lowest BCUT2D eigenvalue weighted by molar-refractivity contribution is -0.126. The molecule has 0 spiro atoms. The predicted octanol–water partition coefficient (Wildman–Crippen LogP) is 2.52. The monoisotopic (exact) mass is 541 g/mol. The summed E-state index contributed by atoms with van der Waals surface area (Å²) in [6.45, 7) is 2.17. The van der Waals surface area contributed by atoms with Crippen LogP contribution >= 0.6 is 11.3 Å². The molecule has 9 nitrogen and oxygen atoms in total. The largest absolute Gasteiger partial charge is 0.492 e. The summed E-state index contributed by atoms with van der Waals surface area (Å²) in [6.07, 6.45) is 4.09. The fourth-order valence-electron chi connectivity index (χ4n) is 4.36. The number of hydrogen-bond donors (Lipinski definition) is 1. The summed E-state index contributed by atoms with van der Waals surface area (Å²) in [6, 6.07) is 9.61. The van der Waals surface area contributed by atoms with Crippen molar-refractivity contribution in [3.8, 4) is 5.75 Å². The summed E-state index contributed by atoms with van der Waals surface area (Å²) in [4.78, 5) is 12.9. The summed E-state index contributed by atoms with van der Waals surface area (Å²) in [5.41, 5.74) is 0. The summed E-state index contributed by atoms with van der Waals surface area (Å²) in [7, 11) is -7.05. The van der Waals surface area contributed by atoms with Gasteiger partial charge in [-0.15, -0.1) is 11.3 Å². The van der Waals surface area contributed by atoms with Crippen LogP contribution in [0.1, 0.15) is 32.1 Å². The maximum absolute atomic E-state index is 12.8. The van der Waals surface area contributed by atoms with E-state index in [0.29, 0.717) is 42.4 Å². The van der Waals surface area contributed by atoms with Gasteiger partial charge in [-0.25, -0.2) is 16.8 Å². The van der Waals surface area contributed by atoms with Crippen molar-refractivity contribution in [1.29, 1.82) is 0 Å². The Hall–Kier alpha value is -1.99. The number of amides is 1. The van der Waals surface area contributed by atoms with Crippen LogP contribution in [0, 0.1) is 5.92 Å². The molecular weight excluding hydrogens is 510 g/mol. The van der Waals surface area contributed by atoms with Gasteiger partial charge in [0, 0.05) is 26.2 Å². The lowest BCUT2D eigenvalue weighted by Crippen LogP contribution is -2.45. The molecule has 12 heteroatoms. The van der Waals surface area contributed by atoms with Crippen molar-refractivity contribution < 1.29 is 26.4 Å². The van der Waals surface area contributed by atoms with E-state index in [2.05, 4.69) is 5.32 Å². The molecule has 2 fully saturated rings. The van der Waals surface area contributed by atoms with Gasteiger partial charge >= 0.3 is 0 Å². The summed E-state index contributed by atoms with van der Waals surface area (Å²) in [5.74, 6) is -0.0804. The third kappa shape index (κ3) is 6.23. The number of carbonyl (C=O) groups excluding carboxylic acids is 1. The van der Waals surface area contributed by atoms with Crippen molar-refractivity contribution in [2.24, 2.45) is 5.92 Å². The van der Waals surface area contributed by atoms with Gasteiger partial charge in [-0.05, 0) is 61.4 Å². The second-order valence-electron chi connectivity index (χ2n) is 8.71. The minimum atomic E-state index is -3.57. The molecule has 0 radical (unpaired) electrons. The molecule has 1 aromatic carbocycles. The average Bonchev–Trinajstić information content (AvgIpc) is 3.44. The van der Waals surface area contributed by atoms with Crippen molar-refractivity contribution in [3.63, 3.8) is 0 Å². The highest BCUT2D eigenvalue weighted by Crippen LogP contribution is 2.26. The van der Waals surface area contributed by atoms with Crippen LogP contribution in [0.2, 0.25) is 0 Å². The van der Waals surface area contributed by atoms with E-state index in [4.69, 9.17) is 4.74 Å². The van der Waals surface area contributed by atoms with Gasteiger partial charge in [0.2, 0.25) is 15.9 Å². The van der Waals surface area contributed by atoms with Crippen molar-refractivity contribution in [3.05, 3.63) is 41.8 Å². The minimum absolute atomic E-state index is 0.167. The Bertz CT molecular complexity index is 1190. The zero-order valence-electron chi connectivity index (χ0n) is 19.5. The van der Waals surface area contributed by atoms with E-state index in [9.17, 15) is 21.6 Å². The first-order chi connectivity index (χ1) is 16.8. The quantitative estimate of drug-likeness (QED) is 0.488. The number of nitrogens with zero attached hydrogens (tertiary/aromatic N) is 2. The van der Waals surface area contributed by atoms with Gasteiger partial charge in [0.25, 0.3) is 10.0 Å². The van der Waals surface area contributed by atoms with Crippen molar-refractivity contribution >= 4 is 37.3 Å². The van der Waals surface area contributed by atoms with E-state index in [1.807, 2.05) is 0 Å². The second-order valence-corrected chi connectivity index (χ2v) is 13.8. The van der Waals surface area contributed by atoms with Gasteiger partial charge in [-0.1, -0.05) is 12.5 Å². The van der Waals surface area contributed by atoms with E-state index >= 15 is 0 Å². The lowest BCUT2D eigenvalue weighted by atomic mass is 9.99. The molecule has 2 aliphatic heterocycles. The number of benzene rings is 1. The molecule has 0 saturated carbocycles. The molecule has 0 aliphatic carbocycles. The Morgan fingerprint density at radius 1 is 0.943 bits per heavy atom. The van der Waals surface area contributed by atoms with Crippen LogP contribution in [0.25, 0.3) is 0 Å². The van der Waals surface area contributed by atoms with Gasteiger partial charge in [-0.3, -0.25) is 4.79 Å². The van der Waals surface area contributed by atoms with Crippen LogP contribution in [0.15, 0.2) is 50.9 Å². The molecule has 0 bridgehead atoms. The molecule has 1 unspecified atom stereocenters. The molecule has 4 rings (SSSR count). The molecule has 1 aromatic heterocycles. The number of thiophene rings is 1. The average molecular weight is 542 g/mol. The van der Waals surface area contributed by atoms with Crippen LogP contribution in [-0.2, 0) is 24.8 Å². The maximum Gasteiger partial charge on any atom is 0.252 e. The van der Waals surface area contributed by atoms with E-state index in [0.717, 1.165) is 19.3 Å². The molecule has 1 amide bonds. The SMILES string of the molecule is O=C(NCCOc1ccc(S(=O)(=O)N2CCCCC2)cc1)C1CCCN(S(=O)(=O)c2cccs2)C1. The Morgan fingerprint density at radius 3 is 2.34 bits per heavy atom. The Morgan fingerprint density at radius 2 is 1.66 bits per heavy atom. The first-order valence-corrected chi connectivity index (χ1v) is 15.6. The zero-order valence-corrected chi connectivity index (χ0v) is 21.9. The van der Waals surface area contributed by atoms with Crippen LogP contribution in [0.4, 0.5) is 0 Å². The number of sulfonamides is 2. The number of carbonyl (C=O) groups is 1. The van der Waals surface area contributed by atoms with Gasteiger partial charge < -0.3 is 10.1 Å². The van der Waals surface area contributed by atoms with Gasteiger partial charge in [0.05, 0.1) is 17.4 Å². The molecule has 2 aliphatic rings. The standard InChI is InChI=1S/C23H31N3O6S3/c27-23(19-6-4-15-26(18-19)35(30,31)22-7-5-17-33-22)24-12-16-32-20-8-10-21(11-9-20)34(28,29)25-13-2-1-3-14-25/h5,7-11,17,19H,1-4,6,12-16,18H2,(H,24,27). The molecule has 35 heavy (non-hydrogen) atoms. The van der Waals surface area contributed by atoms with Crippen molar-refractivity contribution in [2.45, 2.75) is 41.2 Å². The molecular formula is C23H31N3O6S3. The fourth-order valence-corrected chi connectivity index (χ4v) is 8.55. The van der Waals surface area contributed by atoms with Crippen LogP contribution in [0.5, 0.6) is 5.75 Å². The van der Waals surface area contributed by atoms with Crippen molar-refractivity contribution in [1.82, 2.24) is 13.9 Å². The molecule has 2 aromatic rings. The number of piperidine rings is 2. The molecule has 2 saturated heterocycles. The maximum atomic E-state index is 12.8. The predicted molar refractivity (Wildman–Crippen MR) is 133 cm³/mol. The van der Waals surface area contributed by atoms with Gasteiger partial charge in [-0.2, -0.15) is 8.61 Å². The number of hydrogen-bond acceptors (Lipinski definition) is 7. The summed E-state index contributed by atoms with van der Waals surface area (Å²) in [5, 5.41) is 4.55.